The maximum Gasteiger partial charge on any atom is 0.418 e. The van der Waals surface area contributed by atoms with E-state index < -0.39 is 11.7 Å². The van der Waals surface area contributed by atoms with Crippen LogP contribution in [0.4, 0.5) is 18.9 Å². The van der Waals surface area contributed by atoms with Crippen molar-refractivity contribution in [1.29, 1.82) is 0 Å². The van der Waals surface area contributed by atoms with Crippen molar-refractivity contribution >= 4 is 29.0 Å². The van der Waals surface area contributed by atoms with Gasteiger partial charge in [-0.15, -0.1) is 12.4 Å². The van der Waals surface area contributed by atoms with Crippen LogP contribution in [-0.2, 0) is 6.18 Å². The monoisotopic (exact) mass is 317 g/mol. The maximum absolute atomic E-state index is 13.0. The Hall–Kier alpha value is -1.53. The lowest BCUT2D eigenvalue weighted by molar-refractivity contribution is -0.136. The number of hydrogen-bond acceptors (Lipinski definition) is 3. The quantitative estimate of drug-likeness (QED) is 0.891. The van der Waals surface area contributed by atoms with Gasteiger partial charge < -0.3 is 10.6 Å². The van der Waals surface area contributed by atoms with Crippen LogP contribution in [0.15, 0.2) is 30.5 Å². The molecule has 0 bridgehead atoms. The number of aromatic nitrogens is 1. The highest BCUT2D eigenvalue weighted by molar-refractivity contribution is 5.93. The van der Waals surface area contributed by atoms with Gasteiger partial charge in [-0.3, -0.25) is 4.98 Å². The van der Waals surface area contributed by atoms with Gasteiger partial charge in [-0.2, -0.15) is 13.2 Å². The van der Waals surface area contributed by atoms with Gasteiger partial charge in [0.15, 0.2) is 0 Å². The van der Waals surface area contributed by atoms with Gasteiger partial charge in [0.2, 0.25) is 0 Å². The van der Waals surface area contributed by atoms with E-state index in [0.717, 1.165) is 25.6 Å². The van der Waals surface area contributed by atoms with Crippen LogP contribution >= 0.6 is 12.4 Å². The summed E-state index contributed by atoms with van der Waals surface area (Å²) in [6.07, 6.45) is -2.04. The summed E-state index contributed by atoms with van der Waals surface area (Å²) in [4.78, 5) is 3.91. The minimum atomic E-state index is -4.39. The SMILES string of the molecule is Cl.FC(F)(F)c1ccc(N[C@@H]2CCNC2)c2cccnc12. The molecular weight excluding hydrogens is 303 g/mol. The molecule has 21 heavy (non-hydrogen) atoms. The van der Waals surface area contributed by atoms with E-state index in [1.807, 2.05) is 0 Å². The number of nitrogens with one attached hydrogen (secondary N) is 2. The Kier molecular flexibility index (Phi) is 4.58. The number of halogens is 4. The first-order chi connectivity index (χ1) is 9.55. The molecule has 114 valence electrons. The van der Waals surface area contributed by atoms with Crippen molar-refractivity contribution in [3.63, 3.8) is 0 Å². The number of alkyl halides is 3. The molecule has 0 aliphatic carbocycles. The molecule has 0 spiro atoms. The van der Waals surface area contributed by atoms with Gasteiger partial charge in [-0.05, 0) is 37.2 Å². The molecule has 0 saturated carbocycles. The minimum absolute atomic E-state index is 0. The highest BCUT2D eigenvalue weighted by Gasteiger charge is 2.33. The van der Waals surface area contributed by atoms with Crippen molar-refractivity contribution in [2.75, 3.05) is 18.4 Å². The van der Waals surface area contributed by atoms with Crippen LogP contribution in [0.5, 0.6) is 0 Å². The smallest absolute Gasteiger partial charge is 0.380 e. The Balaban J connectivity index is 0.00000161. The first-order valence-corrected chi connectivity index (χ1v) is 6.48. The normalized spacial score (nSPS) is 18.5. The summed E-state index contributed by atoms with van der Waals surface area (Å²) in [6.45, 7) is 1.75. The third kappa shape index (κ3) is 3.22. The summed E-state index contributed by atoms with van der Waals surface area (Å²) in [6, 6.07) is 6.16. The molecule has 1 fully saturated rings. The molecule has 2 aromatic rings. The van der Waals surface area contributed by atoms with Gasteiger partial charge >= 0.3 is 6.18 Å². The number of fused-ring (bicyclic) bond motifs is 1. The predicted molar refractivity (Wildman–Crippen MR) is 78.9 cm³/mol. The average molecular weight is 318 g/mol. The second kappa shape index (κ2) is 6.07. The van der Waals surface area contributed by atoms with Crippen molar-refractivity contribution < 1.29 is 13.2 Å². The van der Waals surface area contributed by atoms with E-state index in [0.29, 0.717) is 11.1 Å². The summed E-state index contributed by atoms with van der Waals surface area (Å²) in [5, 5.41) is 7.02. The van der Waals surface area contributed by atoms with Crippen molar-refractivity contribution in [3.05, 3.63) is 36.0 Å². The summed E-state index contributed by atoms with van der Waals surface area (Å²) in [7, 11) is 0. The number of pyridine rings is 1. The van der Waals surface area contributed by atoms with Crippen LogP contribution in [-0.4, -0.2) is 24.1 Å². The number of rotatable bonds is 2. The van der Waals surface area contributed by atoms with E-state index >= 15 is 0 Å². The lowest BCUT2D eigenvalue weighted by Crippen LogP contribution is -2.22. The summed E-state index contributed by atoms with van der Waals surface area (Å²) >= 11 is 0. The van der Waals surface area contributed by atoms with E-state index in [2.05, 4.69) is 15.6 Å². The Morgan fingerprint density at radius 1 is 1.24 bits per heavy atom. The molecule has 3 rings (SSSR count). The molecule has 1 saturated heterocycles. The molecule has 1 aromatic heterocycles. The third-order valence-electron chi connectivity index (χ3n) is 3.50. The largest absolute Gasteiger partial charge is 0.418 e. The second-order valence-corrected chi connectivity index (χ2v) is 4.89. The summed E-state index contributed by atoms with van der Waals surface area (Å²) < 4.78 is 39.0. The van der Waals surface area contributed by atoms with Crippen molar-refractivity contribution in [3.8, 4) is 0 Å². The average Bonchev–Trinajstić information content (AvgIpc) is 2.90. The predicted octanol–water partition coefficient (Wildman–Crippen LogP) is 3.45. The Morgan fingerprint density at radius 3 is 2.71 bits per heavy atom. The lowest BCUT2D eigenvalue weighted by atomic mass is 10.1. The van der Waals surface area contributed by atoms with Crippen LogP contribution in [0.2, 0.25) is 0 Å². The topological polar surface area (TPSA) is 37.0 Å². The van der Waals surface area contributed by atoms with E-state index in [4.69, 9.17) is 0 Å². The molecular formula is C14H15ClF3N3. The standard InChI is InChI=1S/C14H14F3N3.ClH/c15-14(16,17)11-3-4-12(20-9-5-7-18-8-9)10-2-1-6-19-13(10)11;/h1-4,6,9,18,20H,5,7-8H2;1H/t9-;/m1./s1. The zero-order chi connectivity index (χ0) is 14.2. The molecule has 2 N–H and O–H groups in total. The van der Waals surface area contributed by atoms with Crippen molar-refractivity contribution in [2.24, 2.45) is 0 Å². The minimum Gasteiger partial charge on any atom is -0.380 e. The zero-order valence-electron chi connectivity index (χ0n) is 11.1. The van der Waals surface area contributed by atoms with E-state index in [1.165, 1.54) is 12.3 Å². The van der Waals surface area contributed by atoms with Gasteiger partial charge in [0.1, 0.15) is 0 Å². The van der Waals surface area contributed by atoms with Gasteiger partial charge in [-0.25, -0.2) is 0 Å². The highest BCUT2D eigenvalue weighted by atomic mass is 35.5. The molecule has 1 aliphatic heterocycles. The lowest BCUT2D eigenvalue weighted by Gasteiger charge is -2.17. The van der Waals surface area contributed by atoms with Crippen molar-refractivity contribution in [2.45, 2.75) is 18.6 Å². The molecule has 0 unspecified atom stereocenters. The molecule has 7 heteroatoms. The van der Waals surface area contributed by atoms with E-state index in [9.17, 15) is 13.2 Å². The van der Waals surface area contributed by atoms with Gasteiger partial charge in [0.25, 0.3) is 0 Å². The molecule has 1 aliphatic rings. The van der Waals surface area contributed by atoms with E-state index in [-0.39, 0.29) is 24.0 Å². The molecule has 2 heterocycles. The van der Waals surface area contributed by atoms with E-state index in [1.54, 1.807) is 12.1 Å². The molecule has 0 amide bonds. The Labute approximate surface area is 126 Å². The van der Waals surface area contributed by atoms with Gasteiger partial charge in [0.05, 0.1) is 11.1 Å². The van der Waals surface area contributed by atoms with Crippen LogP contribution in [0.25, 0.3) is 10.9 Å². The fourth-order valence-electron chi connectivity index (χ4n) is 2.53. The van der Waals surface area contributed by atoms with Gasteiger partial charge in [-0.1, -0.05) is 0 Å². The third-order valence-corrected chi connectivity index (χ3v) is 3.50. The number of hydrogen-bond donors (Lipinski definition) is 2. The van der Waals surface area contributed by atoms with Gasteiger partial charge in [0, 0.05) is 29.9 Å². The fourth-order valence-corrected chi connectivity index (χ4v) is 2.53. The highest BCUT2D eigenvalue weighted by Crippen LogP contribution is 2.36. The van der Waals surface area contributed by atoms with Crippen LogP contribution < -0.4 is 10.6 Å². The number of benzene rings is 1. The first-order valence-electron chi connectivity index (χ1n) is 6.48. The summed E-state index contributed by atoms with van der Waals surface area (Å²) in [5.74, 6) is 0. The number of anilines is 1. The first kappa shape index (κ1) is 15.9. The molecule has 1 atom stereocenters. The zero-order valence-corrected chi connectivity index (χ0v) is 11.9. The molecule has 1 aromatic carbocycles. The van der Waals surface area contributed by atoms with Crippen LogP contribution in [0.1, 0.15) is 12.0 Å². The summed E-state index contributed by atoms with van der Waals surface area (Å²) in [5.41, 5.74) is 0.00829. The molecule has 0 radical (unpaired) electrons. The maximum atomic E-state index is 13.0. The van der Waals surface area contributed by atoms with Crippen LogP contribution in [0, 0.1) is 0 Å². The van der Waals surface area contributed by atoms with Crippen LogP contribution in [0.3, 0.4) is 0 Å². The number of nitrogens with zero attached hydrogens (tertiary/aromatic N) is 1. The Morgan fingerprint density at radius 2 is 2.05 bits per heavy atom. The second-order valence-electron chi connectivity index (χ2n) is 4.89. The molecule has 3 nitrogen and oxygen atoms in total. The Bertz CT molecular complexity index is 624. The van der Waals surface area contributed by atoms with Crippen molar-refractivity contribution in [1.82, 2.24) is 10.3 Å². The fraction of sp³-hybridized carbons (Fsp3) is 0.357.